The predicted octanol–water partition coefficient (Wildman–Crippen LogP) is 2.35. The van der Waals surface area contributed by atoms with Gasteiger partial charge in [0.05, 0.1) is 5.56 Å². The van der Waals surface area contributed by atoms with Crippen LogP contribution < -0.4 is 5.32 Å². The molecule has 0 aliphatic heterocycles. The van der Waals surface area contributed by atoms with Gasteiger partial charge in [-0.05, 0) is 39.2 Å². The van der Waals surface area contributed by atoms with Gasteiger partial charge >= 0.3 is 5.97 Å². The van der Waals surface area contributed by atoms with Crippen molar-refractivity contribution < 1.29 is 14.7 Å². The second kappa shape index (κ2) is 6.59. The van der Waals surface area contributed by atoms with Crippen LogP contribution in [0.1, 0.15) is 48.9 Å². The molecule has 1 atom stereocenters. The lowest BCUT2D eigenvalue weighted by Gasteiger charge is -2.16. The van der Waals surface area contributed by atoms with Crippen LogP contribution in [-0.4, -0.2) is 27.6 Å². The molecule has 0 fully saturated rings. The molecule has 0 saturated carbocycles. The highest BCUT2D eigenvalue weighted by atomic mass is 16.4. The Morgan fingerprint density at radius 3 is 2.35 bits per heavy atom. The summed E-state index contributed by atoms with van der Waals surface area (Å²) in [5, 5.41) is 11.8. The topological polar surface area (TPSA) is 71.3 Å². The molecule has 1 rings (SSSR count). The maximum atomic E-state index is 12.3. The number of carbonyl (C=O) groups excluding carboxylic acids is 1. The molecule has 0 aromatic carbocycles. The Kier molecular flexibility index (Phi) is 5.36. The van der Waals surface area contributed by atoms with Crippen molar-refractivity contribution >= 4 is 11.9 Å². The summed E-state index contributed by atoms with van der Waals surface area (Å²) in [4.78, 5) is 23.5. The van der Waals surface area contributed by atoms with Crippen LogP contribution in [0.4, 0.5) is 0 Å². The Hall–Kier alpha value is -1.78. The summed E-state index contributed by atoms with van der Waals surface area (Å²) >= 11 is 0. The van der Waals surface area contributed by atoms with Crippen molar-refractivity contribution in [3.8, 4) is 0 Å². The molecule has 0 radical (unpaired) electrons. The molecule has 0 spiro atoms. The molecule has 1 heterocycles. The largest absolute Gasteiger partial charge is 0.480 e. The van der Waals surface area contributed by atoms with Crippen LogP contribution in [0, 0.1) is 19.8 Å². The van der Waals surface area contributed by atoms with E-state index in [9.17, 15) is 14.7 Å². The number of nitrogens with zero attached hydrogens (tertiary/aromatic N) is 1. The number of hydrogen-bond acceptors (Lipinski definition) is 2. The molecule has 112 valence electrons. The lowest BCUT2D eigenvalue weighted by atomic mass is 10.0. The lowest BCUT2D eigenvalue weighted by molar-refractivity contribution is -0.139. The summed E-state index contributed by atoms with van der Waals surface area (Å²) < 4.78 is 2.03. The van der Waals surface area contributed by atoms with Crippen LogP contribution in [0.5, 0.6) is 0 Å². The number of carboxylic acids is 1. The molecule has 0 saturated heterocycles. The third-order valence-electron chi connectivity index (χ3n) is 3.45. The quantitative estimate of drug-likeness (QED) is 0.840. The minimum Gasteiger partial charge on any atom is -0.480 e. The third-order valence-corrected chi connectivity index (χ3v) is 3.45. The average Bonchev–Trinajstić information content (AvgIpc) is 2.62. The summed E-state index contributed by atoms with van der Waals surface area (Å²) in [6, 6.07) is 0.967. The van der Waals surface area contributed by atoms with Gasteiger partial charge in [0, 0.05) is 17.9 Å². The molecular formula is C15H24N2O3. The van der Waals surface area contributed by atoms with E-state index in [1.807, 2.05) is 45.3 Å². The van der Waals surface area contributed by atoms with E-state index in [4.69, 9.17) is 0 Å². The minimum absolute atomic E-state index is 0.208. The average molecular weight is 280 g/mol. The van der Waals surface area contributed by atoms with Crippen molar-refractivity contribution in [2.75, 3.05) is 0 Å². The van der Waals surface area contributed by atoms with Gasteiger partial charge in [-0.3, -0.25) is 4.79 Å². The van der Waals surface area contributed by atoms with Crippen LogP contribution in [0.2, 0.25) is 0 Å². The Labute approximate surface area is 120 Å². The number of carboxylic acid groups (broad SMARTS) is 1. The number of rotatable bonds is 6. The second-order valence-corrected chi connectivity index (χ2v) is 5.52. The van der Waals surface area contributed by atoms with E-state index in [1.54, 1.807) is 0 Å². The Bertz CT molecular complexity index is 503. The highest BCUT2D eigenvalue weighted by Crippen LogP contribution is 2.15. The standard InChI is InChI=1S/C15H24N2O3/c1-6-17-10(4)8-12(11(17)5)14(18)16-13(15(19)20)7-9(2)3/h8-9,13H,6-7H2,1-5H3,(H,16,18)(H,19,20)/t13-/m0/s1. The maximum Gasteiger partial charge on any atom is 0.326 e. The SMILES string of the molecule is CCn1c(C)cc(C(=O)N[C@@H](CC(C)C)C(=O)O)c1C. The van der Waals surface area contributed by atoms with Crippen LogP contribution in [0.25, 0.3) is 0 Å². The number of amides is 1. The van der Waals surface area contributed by atoms with Crippen LogP contribution in [0.15, 0.2) is 6.07 Å². The molecule has 20 heavy (non-hydrogen) atoms. The van der Waals surface area contributed by atoms with Gasteiger partial charge in [-0.15, -0.1) is 0 Å². The second-order valence-electron chi connectivity index (χ2n) is 5.52. The molecule has 0 unspecified atom stereocenters. The van der Waals surface area contributed by atoms with Gasteiger partial charge in [0.2, 0.25) is 0 Å². The Morgan fingerprint density at radius 2 is 1.95 bits per heavy atom. The van der Waals surface area contributed by atoms with Crippen molar-refractivity contribution in [2.45, 2.75) is 53.6 Å². The van der Waals surface area contributed by atoms with E-state index in [2.05, 4.69) is 5.32 Å². The number of carbonyl (C=O) groups is 2. The fraction of sp³-hybridized carbons (Fsp3) is 0.600. The number of aryl methyl sites for hydroxylation is 1. The molecule has 1 aromatic heterocycles. The fourth-order valence-electron chi connectivity index (χ4n) is 2.45. The Morgan fingerprint density at radius 1 is 1.35 bits per heavy atom. The zero-order chi connectivity index (χ0) is 15.4. The highest BCUT2D eigenvalue weighted by molar-refractivity contribution is 5.97. The summed E-state index contributed by atoms with van der Waals surface area (Å²) in [5.41, 5.74) is 2.43. The monoisotopic (exact) mass is 280 g/mol. The van der Waals surface area contributed by atoms with Crippen LogP contribution in [-0.2, 0) is 11.3 Å². The molecule has 0 aliphatic rings. The number of aliphatic carboxylic acids is 1. The van der Waals surface area contributed by atoms with Crippen molar-refractivity contribution in [3.05, 3.63) is 23.0 Å². The summed E-state index contributed by atoms with van der Waals surface area (Å²) in [6.45, 7) is 10.5. The molecule has 1 amide bonds. The predicted molar refractivity (Wildman–Crippen MR) is 77.9 cm³/mol. The first kappa shape index (κ1) is 16.3. The molecule has 2 N–H and O–H groups in total. The van der Waals surface area contributed by atoms with Crippen LogP contribution >= 0.6 is 0 Å². The molecule has 5 heteroatoms. The van der Waals surface area contributed by atoms with Gasteiger partial charge < -0.3 is 15.0 Å². The molecule has 5 nitrogen and oxygen atoms in total. The van der Waals surface area contributed by atoms with E-state index in [-0.39, 0.29) is 11.8 Å². The zero-order valence-electron chi connectivity index (χ0n) is 12.9. The number of nitrogens with one attached hydrogen (secondary N) is 1. The van der Waals surface area contributed by atoms with Crippen molar-refractivity contribution in [1.82, 2.24) is 9.88 Å². The fourth-order valence-corrected chi connectivity index (χ4v) is 2.45. The molecule has 0 aliphatic carbocycles. The van der Waals surface area contributed by atoms with E-state index >= 15 is 0 Å². The van der Waals surface area contributed by atoms with E-state index in [1.165, 1.54) is 0 Å². The first-order valence-corrected chi connectivity index (χ1v) is 6.98. The summed E-state index contributed by atoms with van der Waals surface area (Å²) in [6.07, 6.45) is 0.424. The van der Waals surface area contributed by atoms with Crippen molar-refractivity contribution in [2.24, 2.45) is 5.92 Å². The zero-order valence-corrected chi connectivity index (χ0v) is 12.9. The van der Waals surface area contributed by atoms with Gasteiger partial charge in [0.1, 0.15) is 6.04 Å². The summed E-state index contributed by atoms with van der Waals surface area (Å²) in [7, 11) is 0. The van der Waals surface area contributed by atoms with Crippen molar-refractivity contribution in [3.63, 3.8) is 0 Å². The van der Waals surface area contributed by atoms with E-state index in [0.717, 1.165) is 17.9 Å². The molecule has 1 aromatic rings. The van der Waals surface area contributed by atoms with Gasteiger partial charge in [-0.2, -0.15) is 0 Å². The van der Waals surface area contributed by atoms with Gasteiger partial charge in [0.15, 0.2) is 0 Å². The highest BCUT2D eigenvalue weighted by Gasteiger charge is 2.23. The number of aromatic nitrogens is 1. The molecular weight excluding hydrogens is 256 g/mol. The first-order valence-electron chi connectivity index (χ1n) is 6.98. The van der Waals surface area contributed by atoms with Gasteiger partial charge in [0.25, 0.3) is 5.91 Å². The normalized spacial score (nSPS) is 12.5. The summed E-state index contributed by atoms with van der Waals surface area (Å²) in [5.74, 6) is -1.10. The van der Waals surface area contributed by atoms with E-state index < -0.39 is 12.0 Å². The van der Waals surface area contributed by atoms with Crippen LogP contribution in [0.3, 0.4) is 0 Å². The smallest absolute Gasteiger partial charge is 0.326 e. The van der Waals surface area contributed by atoms with Crippen molar-refractivity contribution in [1.29, 1.82) is 0 Å². The van der Waals surface area contributed by atoms with Gasteiger partial charge in [-0.1, -0.05) is 13.8 Å². The maximum absolute atomic E-state index is 12.3. The third kappa shape index (κ3) is 3.62. The molecule has 0 bridgehead atoms. The van der Waals surface area contributed by atoms with E-state index in [0.29, 0.717) is 12.0 Å². The Balaban J connectivity index is 2.92. The van der Waals surface area contributed by atoms with Gasteiger partial charge in [-0.25, -0.2) is 4.79 Å². The lowest BCUT2D eigenvalue weighted by Crippen LogP contribution is -2.41. The number of hydrogen-bond donors (Lipinski definition) is 2. The first-order chi connectivity index (χ1) is 9.27. The minimum atomic E-state index is -0.989.